The van der Waals surface area contributed by atoms with Crippen LogP contribution in [0.4, 0.5) is 5.69 Å². The van der Waals surface area contributed by atoms with Gasteiger partial charge in [-0.1, -0.05) is 25.5 Å². The SMILES string of the molecule is CCC1=C(CC)C2=CC(c3cc(=O)n4cc(N5CCN(C)C(C)C5)cc(C)c4n3)=NCCC2CC=C1C. The average molecular weight is 500 g/mol. The Bertz CT molecular complexity index is 1390. The van der Waals surface area contributed by atoms with Gasteiger partial charge in [0.05, 0.1) is 17.1 Å². The van der Waals surface area contributed by atoms with E-state index in [4.69, 9.17) is 9.98 Å². The first-order valence-corrected chi connectivity index (χ1v) is 14.0. The third kappa shape index (κ3) is 4.84. The van der Waals surface area contributed by atoms with Crippen LogP contribution in [0, 0.1) is 12.8 Å². The first-order chi connectivity index (χ1) is 17.8. The molecule has 0 aromatic carbocycles. The molecular weight excluding hydrogens is 458 g/mol. The van der Waals surface area contributed by atoms with Crippen molar-refractivity contribution in [2.45, 2.75) is 66.3 Å². The van der Waals surface area contributed by atoms with Crippen LogP contribution in [0.25, 0.3) is 5.65 Å². The largest absolute Gasteiger partial charge is 0.367 e. The monoisotopic (exact) mass is 499 g/mol. The van der Waals surface area contributed by atoms with Gasteiger partial charge in [0.25, 0.3) is 5.56 Å². The molecule has 5 rings (SSSR count). The number of aromatic nitrogens is 2. The number of pyridine rings is 1. The molecule has 0 amide bonds. The van der Waals surface area contributed by atoms with Crippen LogP contribution >= 0.6 is 0 Å². The van der Waals surface area contributed by atoms with Gasteiger partial charge in [0.1, 0.15) is 5.65 Å². The van der Waals surface area contributed by atoms with E-state index in [9.17, 15) is 4.79 Å². The summed E-state index contributed by atoms with van der Waals surface area (Å²) in [6, 6.07) is 4.33. The highest BCUT2D eigenvalue weighted by Gasteiger charge is 2.26. The lowest BCUT2D eigenvalue weighted by molar-refractivity contribution is 0.234. The van der Waals surface area contributed by atoms with E-state index in [-0.39, 0.29) is 5.56 Å². The normalized spacial score (nSPS) is 23.3. The highest BCUT2D eigenvalue weighted by atomic mass is 16.1. The fourth-order valence-electron chi connectivity index (χ4n) is 6.24. The summed E-state index contributed by atoms with van der Waals surface area (Å²) in [5.41, 5.74) is 10.0. The van der Waals surface area contributed by atoms with Crippen molar-refractivity contribution in [3.8, 4) is 0 Å². The van der Waals surface area contributed by atoms with E-state index >= 15 is 0 Å². The third-order valence-electron chi connectivity index (χ3n) is 8.61. The second-order valence-electron chi connectivity index (χ2n) is 11.0. The van der Waals surface area contributed by atoms with Gasteiger partial charge in [0.15, 0.2) is 0 Å². The van der Waals surface area contributed by atoms with E-state index in [0.29, 0.717) is 23.3 Å². The molecular formula is C31H41N5O. The summed E-state index contributed by atoms with van der Waals surface area (Å²) in [6.45, 7) is 14.7. The summed E-state index contributed by atoms with van der Waals surface area (Å²) in [4.78, 5) is 28.1. The van der Waals surface area contributed by atoms with Gasteiger partial charge in [-0.2, -0.15) is 0 Å². The molecule has 0 bridgehead atoms. The summed E-state index contributed by atoms with van der Waals surface area (Å²) in [6.07, 6.45) is 10.7. The van der Waals surface area contributed by atoms with Gasteiger partial charge in [0, 0.05) is 44.5 Å². The van der Waals surface area contributed by atoms with E-state index in [0.717, 1.165) is 68.8 Å². The Morgan fingerprint density at radius 3 is 2.59 bits per heavy atom. The third-order valence-corrected chi connectivity index (χ3v) is 8.61. The van der Waals surface area contributed by atoms with E-state index in [1.165, 1.54) is 22.3 Å². The molecule has 196 valence electrons. The molecule has 2 aromatic heterocycles. The Labute approximate surface area is 221 Å². The summed E-state index contributed by atoms with van der Waals surface area (Å²) in [7, 11) is 2.17. The maximum atomic E-state index is 13.4. The molecule has 2 aliphatic heterocycles. The number of rotatable bonds is 4. The van der Waals surface area contributed by atoms with Crippen molar-refractivity contribution in [2.75, 3.05) is 38.1 Å². The van der Waals surface area contributed by atoms with Crippen LogP contribution in [-0.4, -0.2) is 59.3 Å². The molecule has 2 unspecified atom stereocenters. The van der Waals surface area contributed by atoms with E-state index in [1.54, 1.807) is 10.5 Å². The van der Waals surface area contributed by atoms with Gasteiger partial charge in [-0.05, 0) is 93.8 Å². The molecule has 4 heterocycles. The summed E-state index contributed by atoms with van der Waals surface area (Å²) >= 11 is 0. The van der Waals surface area contributed by atoms with Gasteiger partial charge < -0.3 is 9.80 Å². The van der Waals surface area contributed by atoms with Crippen molar-refractivity contribution >= 4 is 17.0 Å². The minimum Gasteiger partial charge on any atom is -0.367 e. The predicted octanol–water partition coefficient (Wildman–Crippen LogP) is 5.35. The molecule has 37 heavy (non-hydrogen) atoms. The number of nitrogens with zero attached hydrogens (tertiary/aromatic N) is 5. The number of piperazine rings is 1. The number of fused-ring (bicyclic) bond motifs is 2. The minimum absolute atomic E-state index is 0.0482. The van der Waals surface area contributed by atoms with Crippen LogP contribution in [0.5, 0.6) is 0 Å². The standard InChI is InChI=1S/C31H41N5O/c1-7-25-20(3)9-10-23-11-12-32-28(16-27(23)26(25)8-2)29-17-30(37)36-19-24(15-21(4)31(36)33-29)35-14-13-34(6)22(5)18-35/h9,15-17,19,22-23H,7-8,10-14,18H2,1-6H3. The number of hydrogen-bond acceptors (Lipinski definition) is 5. The number of hydrogen-bond donors (Lipinski definition) is 0. The zero-order chi connectivity index (χ0) is 26.3. The molecule has 0 radical (unpaired) electrons. The van der Waals surface area contributed by atoms with Crippen molar-refractivity contribution in [2.24, 2.45) is 10.9 Å². The van der Waals surface area contributed by atoms with E-state index in [1.807, 2.05) is 6.20 Å². The Morgan fingerprint density at radius 2 is 1.86 bits per heavy atom. The molecule has 1 aliphatic carbocycles. The van der Waals surface area contributed by atoms with Crippen molar-refractivity contribution in [1.82, 2.24) is 14.3 Å². The highest BCUT2D eigenvalue weighted by Crippen LogP contribution is 2.38. The van der Waals surface area contributed by atoms with Gasteiger partial charge in [0.2, 0.25) is 0 Å². The Morgan fingerprint density at radius 1 is 1.08 bits per heavy atom. The maximum Gasteiger partial charge on any atom is 0.258 e. The first-order valence-electron chi connectivity index (χ1n) is 14.0. The van der Waals surface area contributed by atoms with E-state index in [2.05, 4.69) is 69.7 Å². The smallest absolute Gasteiger partial charge is 0.258 e. The van der Waals surface area contributed by atoms with Gasteiger partial charge in [-0.15, -0.1) is 0 Å². The quantitative estimate of drug-likeness (QED) is 0.569. The van der Waals surface area contributed by atoms with Crippen LogP contribution in [-0.2, 0) is 0 Å². The average Bonchev–Trinajstić information content (AvgIpc) is 3.16. The Balaban J connectivity index is 1.56. The van der Waals surface area contributed by atoms with Gasteiger partial charge >= 0.3 is 0 Å². The number of likely N-dealkylation sites (N-methyl/N-ethyl adjacent to an activating group) is 1. The number of anilines is 1. The second-order valence-corrected chi connectivity index (χ2v) is 11.0. The molecule has 0 saturated carbocycles. The Hall–Kier alpha value is -2.99. The number of aliphatic imine (C=N–C) groups is 1. The van der Waals surface area contributed by atoms with Crippen molar-refractivity contribution in [1.29, 1.82) is 0 Å². The summed E-state index contributed by atoms with van der Waals surface area (Å²) in [5, 5.41) is 0. The second kappa shape index (κ2) is 10.4. The molecule has 0 spiro atoms. The summed E-state index contributed by atoms with van der Waals surface area (Å²) < 4.78 is 1.72. The van der Waals surface area contributed by atoms with Crippen LogP contribution in [0.3, 0.4) is 0 Å². The lowest BCUT2D eigenvalue weighted by Gasteiger charge is -2.39. The van der Waals surface area contributed by atoms with Gasteiger partial charge in [-0.3, -0.25) is 14.2 Å². The zero-order valence-electron chi connectivity index (χ0n) is 23.3. The molecule has 3 aliphatic rings. The highest BCUT2D eigenvalue weighted by molar-refractivity contribution is 6.08. The molecule has 6 nitrogen and oxygen atoms in total. The van der Waals surface area contributed by atoms with Crippen LogP contribution < -0.4 is 10.5 Å². The molecule has 6 heteroatoms. The van der Waals surface area contributed by atoms with E-state index < -0.39 is 0 Å². The fraction of sp³-hybridized carbons (Fsp3) is 0.516. The number of allylic oxidation sites excluding steroid dienone is 6. The van der Waals surface area contributed by atoms with Gasteiger partial charge in [-0.25, -0.2) is 4.98 Å². The molecule has 2 atom stereocenters. The lowest BCUT2D eigenvalue weighted by Crippen LogP contribution is -2.50. The molecule has 1 saturated heterocycles. The zero-order valence-corrected chi connectivity index (χ0v) is 23.3. The van der Waals surface area contributed by atoms with Crippen LogP contribution in [0.15, 0.2) is 62.6 Å². The minimum atomic E-state index is -0.0482. The maximum absolute atomic E-state index is 13.4. The molecule has 0 N–H and O–H groups in total. The topological polar surface area (TPSA) is 53.2 Å². The van der Waals surface area contributed by atoms with Crippen molar-refractivity contribution in [3.63, 3.8) is 0 Å². The molecule has 2 aromatic rings. The van der Waals surface area contributed by atoms with Crippen LogP contribution in [0.2, 0.25) is 0 Å². The van der Waals surface area contributed by atoms with Crippen LogP contribution in [0.1, 0.15) is 64.6 Å². The predicted molar refractivity (Wildman–Crippen MR) is 154 cm³/mol. The summed E-state index contributed by atoms with van der Waals surface area (Å²) in [5.74, 6) is 0.465. The lowest BCUT2D eigenvalue weighted by atomic mass is 9.84. The fourth-order valence-corrected chi connectivity index (χ4v) is 6.24. The Kier molecular flexibility index (Phi) is 7.21. The van der Waals surface area contributed by atoms with Crippen molar-refractivity contribution in [3.05, 3.63) is 74.4 Å². The number of aryl methyl sites for hydroxylation is 1. The first kappa shape index (κ1) is 25.7. The molecule has 1 fully saturated rings. The van der Waals surface area contributed by atoms with Crippen molar-refractivity contribution < 1.29 is 0 Å².